The number of hydrogen-bond donors (Lipinski definition) is 3. The predicted molar refractivity (Wildman–Crippen MR) is 126 cm³/mol. The van der Waals surface area contributed by atoms with E-state index in [-0.39, 0.29) is 13.0 Å². The second-order valence-corrected chi connectivity index (χ2v) is 8.00. The zero-order valence-corrected chi connectivity index (χ0v) is 18.8. The van der Waals surface area contributed by atoms with Crippen LogP contribution in [0.25, 0.3) is 0 Å². The molecule has 3 heterocycles. The smallest absolute Gasteiger partial charge is 0.408 e. The van der Waals surface area contributed by atoms with Gasteiger partial charge in [0.1, 0.15) is 18.4 Å². The molecular weight excluding hydrogens is 436 g/mol. The quantitative estimate of drug-likeness (QED) is 0.330. The number of furan rings is 1. The number of amides is 2. The van der Waals surface area contributed by atoms with Gasteiger partial charge in [-0.25, -0.2) is 15.2 Å². The molecule has 3 aromatic rings. The van der Waals surface area contributed by atoms with Crippen molar-refractivity contribution in [2.24, 2.45) is 5.10 Å². The molecule has 1 atom stereocenters. The monoisotopic (exact) mass is 464 g/mol. The van der Waals surface area contributed by atoms with Gasteiger partial charge in [0.25, 0.3) is 5.91 Å². The highest BCUT2D eigenvalue weighted by atomic mass is 16.5. The van der Waals surface area contributed by atoms with Crippen LogP contribution in [0.4, 0.5) is 10.7 Å². The fourth-order valence-corrected chi connectivity index (χ4v) is 3.67. The number of alkyl carbamates (subject to hydrolysis) is 1. The van der Waals surface area contributed by atoms with Gasteiger partial charge in [0, 0.05) is 37.5 Å². The summed E-state index contributed by atoms with van der Waals surface area (Å²) in [7, 11) is 0. The van der Waals surface area contributed by atoms with Gasteiger partial charge >= 0.3 is 6.09 Å². The lowest BCUT2D eigenvalue weighted by atomic mass is 10.1. The number of carbonyl (C=O) groups excluding carboxylic acids is 2. The second kappa shape index (κ2) is 11.7. The van der Waals surface area contributed by atoms with Crippen LogP contribution in [0.3, 0.4) is 0 Å². The number of imidazole rings is 1. The van der Waals surface area contributed by atoms with E-state index >= 15 is 0 Å². The van der Waals surface area contributed by atoms with Gasteiger partial charge in [0.05, 0.1) is 12.5 Å². The van der Waals surface area contributed by atoms with E-state index in [2.05, 4.69) is 30.7 Å². The third kappa shape index (κ3) is 6.71. The van der Waals surface area contributed by atoms with Gasteiger partial charge in [0.15, 0.2) is 5.88 Å². The SMILES string of the molecule is O=C(N[C@@H](Cc1cnc[nH]1)C(=O)N/N=C\c1ccc(N2CCCCC2)o1)OCc1ccccc1. The largest absolute Gasteiger partial charge is 0.445 e. The molecule has 0 spiro atoms. The maximum atomic E-state index is 12.8. The van der Waals surface area contributed by atoms with Gasteiger partial charge in [-0.05, 0) is 30.9 Å². The number of nitrogens with zero attached hydrogens (tertiary/aromatic N) is 3. The standard InChI is InChI=1S/C24H28N6O4/c31-23(29-27-15-20-9-10-22(34-20)30-11-5-2-6-12-30)21(13-19-14-25-17-26-19)28-24(32)33-16-18-7-3-1-4-8-18/h1,3-4,7-10,14-15,17,21H,2,5-6,11-13,16H2,(H,25,26)(H,28,32)(H,29,31)/b27-15-/t21-/m0/s1. The highest BCUT2D eigenvalue weighted by molar-refractivity contribution is 5.87. The van der Waals surface area contributed by atoms with Crippen molar-refractivity contribution in [2.45, 2.75) is 38.3 Å². The maximum absolute atomic E-state index is 12.8. The number of hydrogen-bond acceptors (Lipinski definition) is 7. The number of anilines is 1. The second-order valence-electron chi connectivity index (χ2n) is 8.00. The van der Waals surface area contributed by atoms with Crippen LogP contribution in [-0.2, 0) is 22.6 Å². The first-order valence-corrected chi connectivity index (χ1v) is 11.3. The molecule has 1 fully saturated rings. The topological polar surface area (TPSA) is 125 Å². The number of rotatable bonds is 9. The maximum Gasteiger partial charge on any atom is 0.408 e. The Morgan fingerprint density at radius 2 is 2.00 bits per heavy atom. The lowest BCUT2D eigenvalue weighted by Gasteiger charge is -2.25. The number of aromatic nitrogens is 2. The number of carbonyl (C=O) groups is 2. The van der Waals surface area contributed by atoms with Crippen molar-refractivity contribution in [1.29, 1.82) is 0 Å². The third-order valence-electron chi connectivity index (χ3n) is 5.45. The molecule has 0 aliphatic carbocycles. The number of nitrogens with one attached hydrogen (secondary N) is 3. The minimum atomic E-state index is -0.915. The fourth-order valence-electron chi connectivity index (χ4n) is 3.67. The summed E-state index contributed by atoms with van der Waals surface area (Å²) in [5.74, 6) is 0.832. The minimum absolute atomic E-state index is 0.0983. The summed E-state index contributed by atoms with van der Waals surface area (Å²) in [4.78, 5) is 34.1. The molecule has 0 unspecified atom stereocenters. The van der Waals surface area contributed by atoms with Gasteiger partial charge in [-0.3, -0.25) is 4.79 Å². The molecule has 1 aliphatic heterocycles. The summed E-state index contributed by atoms with van der Waals surface area (Å²) >= 11 is 0. The molecular formula is C24H28N6O4. The van der Waals surface area contributed by atoms with E-state index < -0.39 is 18.0 Å². The Balaban J connectivity index is 1.32. The van der Waals surface area contributed by atoms with Crippen LogP contribution in [0.15, 0.2) is 64.5 Å². The van der Waals surface area contributed by atoms with E-state index in [1.54, 1.807) is 12.3 Å². The van der Waals surface area contributed by atoms with Gasteiger partial charge in [-0.2, -0.15) is 5.10 Å². The van der Waals surface area contributed by atoms with E-state index in [1.807, 2.05) is 36.4 Å². The van der Waals surface area contributed by atoms with Crippen molar-refractivity contribution < 1.29 is 18.7 Å². The Kier molecular flexibility index (Phi) is 7.94. The summed E-state index contributed by atoms with van der Waals surface area (Å²) in [6, 6.07) is 12.1. The van der Waals surface area contributed by atoms with E-state index in [0.29, 0.717) is 11.5 Å². The molecule has 2 amide bonds. The molecule has 2 aromatic heterocycles. The predicted octanol–water partition coefficient (Wildman–Crippen LogP) is 2.98. The third-order valence-corrected chi connectivity index (χ3v) is 5.45. The molecule has 178 valence electrons. The Bertz CT molecular complexity index is 1070. The Morgan fingerprint density at radius 1 is 1.18 bits per heavy atom. The molecule has 10 heteroatoms. The van der Waals surface area contributed by atoms with Crippen LogP contribution in [0.1, 0.15) is 36.3 Å². The molecule has 3 N–H and O–H groups in total. The zero-order valence-electron chi connectivity index (χ0n) is 18.8. The van der Waals surface area contributed by atoms with Crippen molar-refractivity contribution in [3.63, 3.8) is 0 Å². The first-order valence-electron chi connectivity index (χ1n) is 11.3. The Labute approximate surface area is 197 Å². The summed E-state index contributed by atoms with van der Waals surface area (Å²) in [5.41, 5.74) is 4.00. The number of hydrazone groups is 1. The van der Waals surface area contributed by atoms with E-state index in [0.717, 1.165) is 37.4 Å². The average molecular weight is 465 g/mol. The molecule has 0 saturated carbocycles. The van der Waals surface area contributed by atoms with Gasteiger partial charge in [-0.1, -0.05) is 30.3 Å². The molecule has 0 radical (unpaired) electrons. The number of aromatic amines is 1. The number of H-pyrrole nitrogens is 1. The number of piperidine rings is 1. The van der Waals surface area contributed by atoms with Crippen molar-refractivity contribution >= 4 is 24.1 Å². The molecule has 1 aliphatic rings. The summed E-state index contributed by atoms with van der Waals surface area (Å²) in [6.45, 7) is 2.05. The zero-order chi connectivity index (χ0) is 23.6. The lowest BCUT2D eigenvalue weighted by molar-refractivity contribution is -0.123. The van der Waals surface area contributed by atoms with E-state index in [1.165, 1.54) is 19.0 Å². The highest BCUT2D eigenvalue weighted by Gasteiger charge is 2.22. The first-order chi connectivity index (χ1) is 16.7. The van der Waals surface area contributed by atoms with Crippen LogP contribution >= 0.6 is 0 Å². The summed E-state index contributed by atoms with van der Waals surface area (Å²) < 4.78 is 11.1. The first kappa shape index (κ1) is 23.1. The van der Waals surface area contributed by atoms with Gasteiger partial charge < -0.3 is 24.4 Å². The summed E-state index contributed by atoms with van der Waals surface area (Å²) in [5, 5.41) is 6.59. The van der Waals surface area contributed by atoms with Crippen LogP contribution in [0.5, 0.6) is 0 Å². The van der Waals surface area contributed by atoms with Crippen molar-refractivity contribution in [2.75, 3.05) is 18.0 Å². The average Bonchev–Trinajstić information content (AvgIpc) is 3.56. The molecule has 0 bridgehead atoms. The van der Waals surface area contributed by atoms with Crippen molar-refractivity contribution in [3.8, 4) is 0 Å². The number of ether oxygens (including phenoxy) is 1. The lowest BCUT2D eigenvalue weighted by Crippen LogP contribution is -2.47. The van der Waals surface area contributed by atoms with Crippen LogP contribution < -0.4 is 15.6 Å². The number of benzene rings is 1. The molecule has 1 aromatic carbocycles. The van der Waals surface area contributed by atoms with Gasteiger partial charge in [-0.15, -0.1) is 0 Å². The van der Waals surface area contributed by atoms with Crippen LogP contribution in [-0.4, -0.2) is 47.3 Å². The summed E-state index contributed by atoms with van der Waals surface area (Å²) in [6.07, 6.45) is 7.57. The molecule has 10 nitrogen and oxygen atoms in total. The Hall–Kier alpha value is -4.08. The molecule has 34 heavy (non-hydrogen) atoms. The van der Waals surface area contributed by atoms with E-state index in [9.17, 15) is 9.59 Å². The fraction of sp³-hybridized carbons (Fsp3) is 0.333. The molecule has 4 rings (SSSR count). The highest BCUT2D eigenvalue weighted by Crippen LogP contribution is 2.21. The van der Waals surface area contributed by atoms with Crippen LogP contribution in [0, 0.1) is 0 Å². The van der Waals surface area contributed by atoms with Crippen molar-refractivity contribution in [1.82, 2.24) is 20.7 Å². The normalized spacial score (nSPS) is 14.6. The minimum Gasteiger partial charge on any atom is -0.445 e. The van der Waals surface area contributed by atoms with E-state index in [4.69, 9.17) is 9.15 Å². The Morgan fingerprint density at radius 3 is 2.76 bits per heavy atom. The van der Waals surface area contributed by atoms with Crippen LogP contribution in [0.2, 0.25) is 0 Å². The van der Waals surface area contributed by atoms with Gasteiger partial charge in [0.2, 0.25) is 0 Å². The molecule has 1 saturated heterocycles. The van der Waals surface area contributed by atoms with Crippen molar-refractivity contribution in [3.05, 3.63) is 72.0 Å².